The molecule has 2 unspecified atom stereocenters. The SMILES string of the molecule is CC1OCCC1Nc1cc(F)c(Br)cc1N. The van der Waals surface area contributed by atoms with Crippen LogP contribution in [0.2, 0.25) is 0 Å². The molecular weight excluding hydrogens is 275 g/mol. The van der Waals surface area contributed by atoms with E-state index in [-0.39, 0.29) is 18.0 Å². The normalized spacial score (nSPS) is 24.7. The first-order valence-electron chi connectivity index (χ1n) is 5.20. The Labute approximate surface area is 102 Å². The molecule has 0 aromatic heterocycles. The average Bonchev–Trinajstić information content (AvgIpc) is 2.61. The van der Waals surface area contributed by atoms with E-state index in [1.807, 2.05) is 6.92 Å². The fourth-order valence-electron chi connectivity index (χ4n) is 1.81. The Kier molecular flexibility index (Phi) is 3.35. The lowest BCUT2D eigenvalue weighted by molar-refractivity contribution is 0.121. The van der Waals surface area contributed by atoms with Crippen LogP contribution in [0.1, 0.15) is 13.3 Å². The molecule has 0 amide bonds. The van der Waals surface area contributed by atoms with Crippen molar-refractivity contribution in [2.24, 2.45) is 0 Å². The topological polar surface area (TPSA) is 47.3 Å². The lowest BCUT2D eigenvalue weighted by atomic mass is 10.1. The first-order valence-corrected chi connectivity index (χ1v) is 6.00. The molecule has 1 heterocycles. The highest BCUT2D eigenvalue weighted by atomic mass is 79.9. The highest BCUT2D eigenvalue weighted by molar-refractivity contribution is 9.10. The van der Waals surface area contributed by atoms with Gasteiger partial charge in [0.1, 0.15) is 5.82 Å². The molecule has 0 saturated carbocycles. The predicted octanol–water partition coefficient (Wildman–Crippen LogP) is 2.76. The maximum absolute atomic E-state index is 13.4. The molecule has 1 aliphatic rings. The van der Waals surface area contributed by atoms with Crippen molar-refractivity contribution < 1.29 is 9.13 Å². The summed E-state index contributed by atoms with van der Waals surface area (Å²) in [7, 11) is 0. The van der Waals surface area contributed by atoms with Crippen LogP contribution in [0.5, 0.6) is 0 Å². The van der Waals surface area contributed by atoms with Crippen molar-refractivity contribution >= 4 is 27.3 Å². The van der Waals surface area contributed by atoms with E-state index in [0.717, 1.165) is 13.0 Å². The number of rotatable bonds is 2. The molecule has 0 radical (unpaired) electrons. The summed E-state index contributed by atoms with van der Waals surface area (Å²) >= 11 is 3.10. The van der Waals surface area contributed by atoms with E-state index in [0.29, 0.717) is 15.8 Å². The van der Waals surface area contributed by atoms with Crippen LogP contribution in [-0.2, 0) is 4.74 Å². The van der Waals surface area contributed by atoms with Gasteiger partial charge < -0.3 is 15.8 Å². The molecular formula is C11H14BrFN2O. The first-order chi connectivity index (χ1) is 7.58. The second-order valence-corrected chi connectivity index (χ2v) is 4.82. The molecule has 2 rings (SSSR count). The zero-order valence-corrected chi connectivity index (χ0v) is 10.6. The van der Waals surface area contributed by atoms with Crippen molar-refractivity contribution in [2.45, 2.75) is 25.5 Å². The van der Waals surface area contributed by atoms with Crippen molar-refractivity contribution in [3.63, 3.8) is 0 Å². The third-order valence-corrected chi connectivity index (χ3v) is 3.42. The zero-order chi connectivity index (χ0) is 11.7. The van der Waals surface area contributed by atoms with Crippen molar-refractivity contribution in [2.75, 3.05) is 17.7 Å². The largest absolute Gasteiger partial charge is 0.397 e. The van der Waals surface area contributed by atoms with Crippen molar-refractivity contribution in [1.29, 1.82) is 0 Å². The van der Waals surface area contributed by atoms with Gasteiger partial charge in [-0.3, -0.25) is 0 Å². The van der Waals surface area contributed by atoms with Gasteiger partial charge in [-0.15, -0.1) is 0 Å². The minimum Gasteiger partial charge on any atom is -0.397 e. The summed E-state index contributed by atoms with van der Waals surface area (Å²) in [6, 6.07) is 3.17. The maximum Gasteiger partial charge on any atom is 0.139 e. The summed E-state index contributed by atoms with van der Waals surface area (Å²) < 4.78 is 19.2. The number of benzene rings is 1. The van der Waals surface area contributed by atoms with Gasteiger partial charge in [0.15, 0.2) is 0 Å². The highest BCUT2D eigenvalue weighted by Crippen LogP contribution is 2.28. The van der Waals surface area contributed by atoms with Gasteiger partial charge in [-0.1, -0.05) is 0 Å². The molecule has 1 aromatic carbocycles. The van der Waals surface area contributed by atoms with Crippen LogP contribution >= 0.6 is 15.9 Å². The van der Waals surface area contributed by atoms with Crippen LogP contribution in [0.4, 0.5) is 15.8 Å². The van der Waals surface area contributed by atoms with Gasteiger partial charge >= 0.3 is 0 Å². The van der Waals surface area contributed by atoms with Gasteiger partial charge in [0.25, 0.3) is 0 Å². The molecule has 1 aromatic rings. The van der Waals surface area contributed by atoms with E-state index >= 15 is 0 Å². The van der Waals surface area contributed by atoms with Crippen LogP contribution in [0.25, 0.3) is 0 Å². The van der Waals surface area contributed by atoms with Crippen LogP contribution in [-0.4, -0.2) is 18.8 Å². The Morgan fingerprint density at radius 2 is 2.31 bits per heavy atom. The monoisotopic (exact) mass is 288 g/mol. The molecule has 16 heavy (non-hydrogen) atoms. The second-order valence-electron chi connectivity index (χ2n) is 3.97. The predicted molar refractivity (Wildman–Crippen MR) is 66.0 cm³/mol. The van der Waals surface area contributed by atoms with E-state index < -0.39 is 0 Å². The van der Waals surface area contributed by atoms with E-state index in [1.165, 1.54) is 6.07 Å². The fraction of sp³-hybridized carbons (Fsp3) is 0.455. The number of hydrogen-bond donors (Lipinski definition) is 2. The zero-order valence-electron chi connectivity index (χ0n) is 8.97. The second kappa shape index (κ2) is 4.59. The average molecular weight is 289 g/mol. The van der Waals surface area contributed by atoms with Crippen LogP contribution < -0.4 is 11.1 Å². The number of hydrogen-bond acceptors (Lipinski definition) is 3. The van der Waals surface area contributed by atoms with Crippen molar-refractivity contribution in [3.05, 3.63) is 22.4 Å². The highest BCUT2D eigenvalue weighted by Gasteiger charge is 2.24. The smallest absolute Gasteiger partial charge is 0.139 e. The van der Waals surface area contributed by atoms with Gasteiger partial charge in [-0.05, 0) is 35.3 Å². The number of anilines is 2. The number of halogens is 2. The number of ether oxygens (including phenoxy) is 1. The Bertz CT molecular complexity index is 400. The Morgan fingerprint density at radius 1 is 1.56 bits per heavy atom. The number of nitrogen functional groups attached to an aromatic ring is 1. The van der Waals surface area contributed by atoms with E-state index in [4.69, 9.17) is 10.5 Å². The van der Waals surface area contributed by atoms with Gasteiger partial charge in [0.05, 0.1) is 28.0 Å². The fourth-order valence-corrected chi connectivity index (χ4v) is 2.17. The van der Waals surface area contributed by atoms with E-state index in [9.17, 15) is 4.39 Å². The quantitative estimate of drug-likeness (QED) is 0.823. The molecule has 88 valence electrons. The van der Waals surface area contributed by atoms with Gasteiger partial charge in [-0.2, -0.15) is 0 Å². The molecule has 3 N–H and O–H groups in total. The lowest BCUT2D eigenvalue weighted by Crippen LogP contribution is -2.27. The molecule has 5 heteroatoms. The number of nitrogens with two attached hydrogens (primary N) is 1. The molecule has 2 atom stereocenters. The summed E-state index contributed by atoms with van der Waals surface area (Å²) in [5.41, 5.74) is 6.98. The van der Waals surface area contributed by atoms with Gasteiger partial charge in [0.2, 0.25) is 0 Å². The summed E-state index contributed by atoms with van der Waals surface area (Å²) in [5.74, 6) is -0.316. The summed E-state index contributed by atoms with van der Waals surface area (Å²) in [4.78, 5) is 0. The van der Waals surface area contributed by atoms with Crippen molar-refractivity contribution in [1.82, 2.24) is 0 Å². The minimum absolute atomic E-state index is 0.131. The van der Waals surface area contributed by atoms with Gasteiger partial charge in [0, 0.05) is 12.7 Å². The molecule has 1 saturated heterocycles. The summed E-state index contributed by atoms with van der Waals surface area (Å²) in [5, 5.41) is 3.22. The molecule has 1 fully saturated rings. The summed E-state index contributed by atoms with van der Waals surface area (Å²) in [6.45, 7) is 2.73. The van der Waals surface area contributed by atoms with Crippen LogP contribution in [0, 0.1) is 5.82 Å². The number of nitrogens with one attached hydrogen (secondary N) is 1. The third kappa shape index (κ3) is 2.30. The standard InChI is InChI=1S/C11H14BrFN2O/c1-6-10(2-3-16-6)15-11-5-8(13)7(12)4-9(11)14/h4-6,10,15H,2-3,14H2,1H3. The molecule has 3 nitrogen and oxygen atoms in total. The minimum atomic E-state index is -0.316. The van der Waals surface area contributed by atoms with E-state index in [1.54, 1.807) is 6.07 Å². The first kappa shape index (κ1) is 11.7. The third-order valence-electron chi connectivity index (χ3n) is 2.81. The lowest BCUT2D eigenvalue weighted by Gasteiger charge is -2.19. The Morgan fingerprint density at radius 3 is 2.94 bits per heavy atom. The summed E-state index contributed by atoms with van der Waals surface area (Å²) in [6.07, 6.45) is 1.05. The van der Waals surface area contributed by atoms with Crippen LogP contribution in [0.15, 0.2) is 16.6 Å². The van der Waals surface area contributed by atoms with E-state index in [2.05, 4.69) is 21.2 Å². The maximum atomic E-state index is 13.4. The van der Waals surface area contributed by atoms with Crippen LogP contribution in [0.3, 0.4) is 0 Å². The Balaban J connectivity index is 2.18. The molecule has 0 bridgehead atoms. The molecule has 1 aliphatic heterocycles. The molecule has 0 spiro atoms. The molecule has 0 aliphatic carbocycles. The Hall–Kier alpha value is -0.810. The van der Waals surface area contributed by atoms with Crippen molar-refractivity contribution in [3.8, 4) is 0 Å². The van der Waals surface area contributed by atoms with Gasteiger partial charge in [-0.25, -0.2) is 4.39 Å².